The summed E-state index contributed by atoms with van der Waals surface area (Å²) in [5, 5.41) is 3.85. The van der Waals surface area contributed by atoms with Gasteiger partial charge in [0.1, 0.15) is 5.75 Å². The average Bonchev–Trinajstić information content (AvgIpc) is 3.30. The maximum absolute atomic E-state index is 12.7. The molecule has 1 aromatic carbocycles. The molecule has 0 bridgehead atoms. The van der Waals surface area contributed by atoms with Crippen LogP contribution in [0.1, 0.15) is 29.0 Å². The van der Waals surface area contributed by atoms with Gasteiger partial charge in [0.15, 0.2) is 11.5 Å². The van der Waals surface area contributed by atoms with E-state index >= 15 is 0 Å². The van der Waals surface area contributed by atoms with Crippen LogP contribution in [0.5, 0.6) is 5.75 Å². The second-order valence-electron chi connectivity index (χ2n) is 5.39. The molecule has 0 unspecified atom stereocenters. The number of benzene rings is 1. The summed E-state index contributed by atoms with van der Waals surface area (Å²) in [7, 11) is 3.33. The lowest BCUT2D eigenvalue weighted by atomic mass is 10.1. The third-order valence-corrected chi connectivity index (χ3v) is 3.98. The lowest BCUT2D eigenvalue weighted by Gasteiger charge is -2.25. The number of hydrogen-bond acceptors (Lipinski definition) is 5. The van der Waals surface area contributed by atoms with Gasteiger partial charge in [0.05, 0.1) is 19.4 Å². The Hall–Kier alpha value is -3.02. The summed E-state index contributed by atoms with van der Waals surface area (Å²) < 4.78 is 15.8. The largest absolute Gasteiger partial charge is 0.496 e. The first-order valence-corrected chi connectivity index (χ1v) is 7.52. The van der Waals surface area contributed by atoms with Crippen molar-refractivity contribution in [3.63, 3.8) is 0 Å². The Balaban J connectivity index is 1.82. The minimum Gasteiger partial charge on any atom is -0.496 e. The molecule has 0 saturated carbocycles. The number of ether oxygens (including phenoxy) is 1. The third-order valence-electron chi connectivity index (χ3n) is 3.98. The zero-order chi connectivity index (χ0) is 17.1. The zero-order valence-electron chi connectivity index (χ0n) is 13.7. The number of furan rings is 1. The summed E-state index contributed by atoms with van der Waals surface area (Å²) in [5.74, 6) is 1.44. The number of nitrogens with zero attached hydrogens (tertiary/aromatic N) is 2. The van der Waals surface area contributed by atoms with Crippen LogP contribution in [0.3, 0.4) is 0 Å². The van der Waals surface area contributed by atoms with Gasteiger partial charge in [0.2, 0.25) is 5.76 Å². The van der Waals surface area contributed by atoms with Crippen LogP contribution in [0.2, 0.25) is 0 Å². The van der Waals surface area contributed by atoms with Gasteiger partial charge in [-0.1, -0.05) is 23.4 Å². The predicted octanol–water partition coefficient (Wildman–Crippen LogP) is 3.78. The molecule has 1 amide bonds. The predicted molar refractivity (Wildman–Crippen MR) is 87.7 cm³/mol. The van der Waals surface area contributed by atoms with E-state index in [-0.39, 0.29) is 17.6 Å². The molecule has 0 radical (unpaired) electrons. The molecule has 0 fully saturated rings. The van der Waals surface area contributed by atoms with Gasteiger partial charge < -0.3 is 18.6 Å². The summed E-state index contributed by atoms with van der Waals surface area (Å²) >= 11 is 0. The van der Waals surface area contributed by atoms with Gasteiger partial charge >= 0.3 is 0 Å². The third kappa shape index (κ3) is 2.90. The number of amides is 1. The van der Waals surface area contributed by atoms with E-state index in [0.29, 0.717) is 11.5 Å². The van der Waals surface area contributed by atoms with Crippen molar-refractivity contribution in [3.05, 3.63) is 60.0 Å². The van der Waals surface area contributed by atoms with E-state index in [1.807, 2.05) is 31.2 Å². The van der Waals surface area contributed by atoms with Crippen molar-refractivity contribution < 1.29 is 18.5 Å². The molecule has 0 N–H and O–H groups in total. The molecule has 0 aliphatic carbocycles. The molecule has 0 spiro atoms. The van der Waals surface area contributed by atoms with E-state index in [0.717, 1.165) is 11.3 Å². The molecule has 3 rings (SSSR count). The number of carbonyl (C=O) groups excluding carboxylic acids is 1. The highest BCUT2D eigenvalue weighted by Gasteiger charge is 2.24. The quantitative estimate of drug-likeness (QED) is 0.714. The van der Waals surface area contributed by atoms with Crippen LogP contribution in [0, 0.1) is 0 Å². The first kappa shape index (κ1) is 15.9. The number of aromatic nitrogens is 1. The first-order valence-electron chi connectivity index (χ1n) is 7.52. The maximum atomic E-state index is 12.7. The Kier molecular flexibility index (Phi) is 4.37. The molecule has 0 saturated heterocycles. The minimum atomic E-state index is -0.241. The zero-order valence-corrected chi connectivity index (χ0v) is 13.7. The minimum absolute atomic E-state index is 0.183. The van der Waals surface area contributed by atoms with E-state index in [4.69, 9.17) is 13.7 Å². The lowest BCUT2D eigenvalue weighted by Crippen LogP contribution is -2.30. The normalized spacial score (nSPS) is 12.0. The fourth-order valence-electron chi connectivity index (χ4n) is 2.49. The van der Waals surface area contributed by atoms with Gasteiger partial charge in [-0.15, -0.1) is 0 Å². The molecular formula is C18H18N2O4. The molecule has 2 heterocycles. The maximum Gasteiger partial charge on any atom is 0.276 e. The molecule has 0 aliphatic rings. The highest BCUT2D eigenvalue weighted by Crippen LogP contribution is 2.29. The van der Waals surface area contributed by atoms with Crippen molar-refractivity contribution in [2.24, 2.45) is 0 Å². The summed E-state index contributed by atoms with van der Waals surface area (Å²) in [6.07, 6.45) is 1.54. The van der Waals surface area contributed by atoms with Crippen LogP contribution in [0.25, 0.3) is 11.5 Å². The lowest BCUT2D eigenvalue weighted by molar-refractivity contribution is 0.0730. The topological polar surface area (TPSA) is 68.7 Å². The van der Waals surface area contributed by atoms with Gasteiger partial charge in [-0.25, -0.2) is 0 Å². The van der Waals surface area contributed by atoms with Gasteiger partial charge in [0.25, 0.3) is 5.91 Å². The van der Waals surface area contributed by atoms with Crippen molar-refractivity contribution in [2.45, 2.75) is 13.0 Å². The van der Waals surface area contributed by atoms with Crippen molar-refractivity contribution in [1.82, 2.24) is 10.1 Å². The smallest absolute Gasteiger partial charge is 0.276 e. The van der Waals surface area contributed by atoms with Crippen molar-refractivity contribution >= 4 is 5.91 Å². The molecule has 3 aromatic rings. The Morgan fingerprint density at radius 2 is 2.00 bits per heavy atom. The van der Waals surface area contributed by atoms with Gasteiger partial charge in [0, 0.05) is 18.7 Å². The highest BCUT2D eigenvalue weighted by atomic mass is 16.5. The van der Waals surface area contributed by atoms with Crippen LogP contribution in [-0.2, 0) is 0 Å². The van der Waals surface area contributed by atoms with Crippen LogP contribution in [-0.4, -0.2) is 30.1 Å². The van der Waals surface area contributed by atoms with Gasteiger partial charge in [-0.05, 0) is 25.1 Å². The number of rotatable bonds is 5. The highest BCUT2D eigenvalue weighted by molar-refractivity contribution is 5.93. The number of hydrogen-bond donors (Lipinski definition) is 0. The van der Waals surface area contributed by atoms with Crippen LogP contribution in [0.15, 0.2) is 57.7 Å². The van der Waals surface area contributed by atoms with Crippen LogP contribution >= 0.6 is 0 Å². The summed E-state index contributed by atoms with van der Waals surface area (Å²) in [6, 6.07) is 12.5. The fourth-order valence-corrected chi connectivity index (χ4v) is 2.49. The Morgan fingerprint density at radius 3 is 2.71 bits per heavy atom. The molecule has 2 aromatic heterocycles. The van der Waals surface area contributed by atoms with Crippen molar-refractivity contribution in [3.8, 4) is 17.3 Å². The van der Waals surface area contributed by atoms with E-state index in [2.05, 4.69) is 5.16 Å². The monoisotopic (exact) mass is 326 g/mol. The summed E-state index contributed by atoms with van der Waals surface area (Å²) in [6.45, 7) is 1.93. The first-order chi connectivity index (χ1) is 11.6. The fraction of sp³-hybridized carbons (Fsp3) is 0.222. The second-order valence-corrected chi connectivity index (χ2v) is 5.39. The van der Waals surface area contributed by atoms with Gasteiger partial charge in [-0.3, -0.25) is 4.79 Å². The molecular weight excluding hydrogens is 308 g/mol. The molecule has 24 heavy (non-hydrogen) atoms. The molecule has 1 atom stereocenters. The van der Waals surface area contributed by atoms with E-state index in [9.17, 15) is 4.79 Å². The second kappa shape index (κ2) is 6.62. The van der Waals surface area contributed by atoms with E-state index in [1.165, 1.54) is 6.26 Å². The van der Waals surface area contributed by atoms with Crippen LogP contribution in [0.4, 0.5) is 0 Å². The number of para-hydroxylation sites is 1. The van der Waals surface area contributed by atoms with Crippen molar-refractivity contribution in [2.75, 3.05) is 14.2 Å². The molecule has 0 aliphatic heterocycles. The Labute approximate surface area is 139 Å². The molecule has 6 nitrogen and oxygen atoms in total. The Morgan fingerprint density at radius 1 is 1.21 bits per heavy atom. The van der Waals surface area contributed by atoms with E-state index in [1.54, 1.807) is 37.3 Å². The SMILES string of the molecule is COc1ccccc1[C@@H](C)N(C)C(=O)c1cc(-c2ccco2)on1. The molecule has 124 valence electrons. The van der Waals surface area contributed by atoms with E-state index < -0.39 is 0 Å². The number of carbonyl (C=O) groups is 1. The summed E-state index contributed by atoms with van der Waals surface area (Å²) in [4.78, 5) is 14.3. The average molecular weight is 326 g/mol. The standard InChI is InChI=1S/C18H18N2O4/c1-12(13-7-4-5-8-15(13)22-3)20(2)18(21)14-11-17(24-19-14)16-9-6-10-23-16/h4-12H,1-3H3/t12-/m1/s1. The number of methoxy groups -OCH3 is 1. The summed E-state index contributed by atoms with van der Waals surface area (Å²) in [5.41, 5.74) is 1.15. The molecule has 6 heteroatoms. The Bertz CT molecular complexity index is 823. The van der Waals surface area contributed by atoms with Gasteiger partial charge in [-0.2, -0.15) is 0 Å². The van der Waals surface area contributed by atoms with Crippen molar-refractivity contribution in [1.29, 1.82) is 0 Å². The van der Waals surface area contributed by atoms with Crippen LogP contribution < -0.4 is 4.74 Å².